The summed E-state index contributed by atoms with van der Waals surface area (Å²) >= 11 is 10.8. The summed E-state index contributed by atoms with van der Waals surface area (Å²) in [6.07, 6.45) is 3.27. The van der Waals surface area contributed by atoms with Crippen LogP contribution < -0.4 is 10.6 Å². The Morgan fingerprint density at radius 2 is 1.61 bits per heavy atom. The summed E-state index contributed by atoms with van der Waals surface area (Å²) in [7, 11) is 0. The number of carbonyl (C=O) groups is 2. The highest BCUT2D eigenvalue weighted by Gasteiger charge is 2.26. The number of amides is 2. The third kappa shape index (κ3) is 3.58. The molecule has 4 rings (SSSR count). The summed E-state index contributed by atoms with van der Waals surface area (Å²) in [6, 6.07) is 16.7. The van der Waals surface area contributed by atoms with Crippen molar-refractivity contribution in [2.24, 2.45) is 0 Å². The average Bonchev–Trinajstić information content (AvgIpc) is 3.10. The Balaban J connectivity index is 1.85. The molecule has 6 nitrogen and oxygen atoms in total. The van der Waals surface area contributed by atoms with Crippen LogP contribution in [0.4, 0.5) is 0 Å². The largest absolute Gasteiger partial charge is 0.299 e. The first-order valence-electron chi connectivity index (χ1n) is 8.30. The smallest absolute Gasteiger partial charge is 0.263 e. The summed E-state index contributed by atoms with van der Waals surface area (Å²) < 4.78 is 1.69. The van der Waals surface area contributed by atoms with Gasteiger partial charge in [-0.05, 0) is 42.6 Å². The second-order valence-electron chi connectivity index (χ2n) is 6.02. The molecule has 0 bridgehead atoms. The van der Waals surface area contributed by atoms with Gasteiger partial charge in [0.25, 0.3) is 11.8 Å². The fourth-order valence-corrected chi connectivity index (χ4v) is 3.11. The van der Waals surface area contributed by atoms with Crippen LogP contribution in [0, 0.1) is 0 Å². The van der Waals surface area contributed by atoms with E-state index in [0.717, 1.165) is 11.3 Å². The molecule has 1 saturated heterocycles. The first-order valence-corrected chi connectivity index (χ1v) is 9.09. The van der Waals surface area contributed by atoms with Crippen molar-refractivity contribution in [3.63, 3.8) is 0 Å². The van der Waals surface area contributed by atoms with E-state index in [1.165, 1.54) is 6.08 Å². The maximum Gasteiger partial charge on any atom is 0.263 e. The van der Waals surface area contributed by atoms with Gasteiger partial charge in [0.15, 0.2) is 5.11 Å². The zero-order chi connectivity index (χ0) is 19.7. The van der Waals surface area contributed by atoms with E-state index < -0.39 is 11.8 Å². The fraction of sp³-hybridized carbons (Fsp3) is 0. The zero-order valence-electron chi connectivity index (χ0n) is 14.3. The Hall–Kier alpha value is -3.29. The van der Waals surface area contributed by atoms with E-state index in [1.807, 2.05) is 42.5 Å². The highest BCUT2D eigenvalue weighted by atomic mass is 35.5. The van der Waals surface area contributed by atoms with Gasteiger partial charge in [0.05, 0.1) is 11.4 Å². The van der Waals surface area contributed by atoms with E-state index in [0.29, 0.717) is 16.3 Å². The summed E-state index contributed by atoms with van der Waals surface area (Å²) in [6.45, 7) is 0. The van der Waals surface area contributed by atoms with Crippen LogP contribution in [-0.4, -0.2) is 26.7 Å². The SMILES string of the molecule is O=C1NC(=S)NC(=O)C1=Cc1cn(-c2ccccc2)nc1-c1ccc(Cl)cc1. The van der Waals surface area contributed by atoms with Crippen molar-refractivity contribution >= 4 is 46.8 Å². The van der Waals surface area contributed by atoms with Crippen LogP contribution in [0.25, 0.3) is 23.0 Å². The molecule has 2 N–H and O–H groups in total. The van der Waals surface area contributed by atoms with E-state index in [9.17, 15) is 9.59 Å². The van der Waals surface area contributed by atoms with Crippen molar-refractivity contribution in [1.82, 2.24) is 20.4 Å². The molecule has 0 unspecified atom stereocenters. The molecule has 0 aliphatic carbocycles. The van der Waals surface area contributed by atoms with E-state index in [2.05, 4.69) is 15.7 Å². The topological polar surface area (TPSA) is 76.0 Å². The molecule has 138 valence electrons. The summed E-state index contributed by atoms with van der Waals surface area (Å²) in [5.74, 6) is -1.11. The molecule has 0 atom stereocenters. The summed E-state index contributed by atoms with van der Waals surface area (Å²) in [4.78, 5) is 24.4. The van der Waals surface area contributed by atoms with Crippen molar-refractivity contribution in [2.45, 2.75) is 0 Å². The number of nitrogens with zero attached hydrogens (tertiary/aromatic N) is 2. The van der Waals surface area contributed by atoms with Crippen LogP contribution in [0.3, 0.4) is 0 Å². The van der Waals surface area contributed by atoms with E-state index in [-0.39, 0.29) is 10.7 Å². The third-order valence-electron chi connectivity index (χ3n) is 4.12. The average molecular weight is 409 g/mol. The van der Waals surface area contributed by atoms with Gasteiger partial charge in [-0.25, -0.2) is 4.68 Å². The first-order chi connectivity index (χ1) is 13.5. The van der Waals surface area contributed by atoms with Crippen molar-refractivity contribution in [1.29, 1.82) is 0 Å². The van der Waals surface area contributed by atoms with Gasteiger partial charge in [-0.2, -0.15) is 5.10 Å². The molecule has 2 amide bonds. The normalized spacial score (nSPS) is 13.9. The lowest BCUT2D eigenvalue weighted by Gasteiger charge is -2.16. The Labute approximate surface area is 170 Å². The minimum absolute atomic E-state index is 0.00921. The number of hydrogen-bond acceptors (Lipinski definition) is 4. The van der Waals surface area contributed by atoms with Crippen LogP contribution in [0.2, 0.25) is 5.02 Å². The quantitative estimate of drug-likeness (QED) is 0.396. The van der Waals surface area contributed by atoms with Crippen LogP contribution in [-0.2, 0) is 9.59 Å². The molecule has 0 spiro atoms. The van der Waals surface area contributed by atoms with Gasteiger partial charge in [0.1, 0.15) is 5.57 Å². The Morgan fingerprint density at radius 3 is 2.25 bits per heavy atom. The second kappa shape index (κ2) is 7.38. The van der Waals surface area contributed by atoms with Crippen LogP contribution in [0.1, 0.15) is 5.56 Å². The van der Waals surface area contributed by atoms with Gasteiger partial charge in [-0.1, -0.05) is 41.9 Å². The zero-order valence-corrected chi connectivity index (χ0v) is 15.9. The lowest BCUT2D eigenvalue weighted by molar-refractivity contribution is -0.123. The molecule has 1 aromatic heterocycles. The highest BCUT2D eigenvalue weighted by molar-refractivity contribution is 7.80. The van der Waals surface area contributed by atoms with E-state index in [4.69, 9.17) is 23.8 Å². The number of thiocarbonyl (C=S) groups is 1. The van der Waals surface area contributed by atoms with Gasteiger partial charge in [-0.3, -0.25) is 20.2 Å². The molecule has 3 aromatic rings. The molecule has 0 saturated carbocycles. The standard InChI is InChI=1S/C20H13ClN4O2S/c21-14-8-6-12(7-9-14)17-13(10-16-18(26)22-20(28)23-19(16)27)11-25(24-17)15-4-2-1-3-5-15/h1-11H,(H2,22,23,26,27,28). The van der Waals surface area contributed by atoms with Gasteiger partial charge >= 0.3 is 0 Å². The van der Waals surface area contributed by atoms with Gasteiger partial charge in [0, 0.05) is 22.3 Å². The number of rotatable bonds is 3. The molecule has 2 heterocycles. The lowest BCUT2D eigenvalue weighted by Crippen LogP contribution is -2.51. The molecule has 2 aromatic carbocycles. The van der Waals surface area contributed by atoms with Crippen LogP contribution in [0.15, 0.2) is 66.4 Å². The van der Waals surface area contributed by atoms with E-state index in [1.54, 1.807) is 23.0 Å². The predicted octanol–water partition coefficient (Wildman–Crippen LogP) is 3.11. The first kappa shape index (κ1) is 18.1. The number of hydrogen-bond donors (Lipinski definition) is 2. The monoisotopic (exact) mass is 408 g/mol. The van der Waals surface area contributed by atoms with Gasteiger partial charge in [0.2, 0.25) is 0 Å². The maximum absolute atomic E-state index is 12.2. The van der Waals surface area contributed by atoms with Crippen molar-refractivity contribution in [3.8, 4) is 16.9 Å². The number of nitrogens with one attached hydrogen (secondary N) is 2. The Morgan fingerprint density at radius 1 is 0.964 bits per heavy atom. The molecule has 1 aliphatic heterocycles. The minimum Gasteiger partial charge on any atom is -0.299 e. The Bertz CT molecular complexity index is 1100. The van der Waals surface area contributed by atoms with Crippen molar-refractivity contribution in [2.75, 3.05) is 0 Å². The second-order valence-corrected chi connectivity index (χ2v) is 6.86. The number of benzene rings is 2. The maximum atomic E-state index is 12.2. The van der Waals surface area contributed by atoms with Crippen LogP contribution in [0.5, 0.6) is 0 Å². The number of halogens is 1. The van der Waals surface area contributed by atoms with E-state index >= 15 is 0 Å². The predicted molar refractivity (Wildman–Crippen MR) is 111 cm³/mol. The number of carbonyl (C=O) groups excluding carboxylic acids is 2. The molecular weight excluding hydrogens is 396 g/mol. The van der Waals surface area contributed by atoms with Gasteiger partial charge in [-0.15, -0.1) is 0 Å². The summed E-state index contributed by atoms with van der Waals surface area (Å²) in [5.41, 5.74) is 2.83. The molecule has 1 aliphatic rings. The van der Waals surface area contributed by atoms with Crippen molar-refractivity contribution < 1.29 is 9.59 Å². The lowest BCUT2D eigenvalue weighted by atomic mass is 10.0. The highest BCUT2D eigenvalue weighted by Crippen LogP contribution is 2.27. The van der Waals surface area contributed by atoms with Crippen molar-refractivity contribution in [3.05, 3.63) is 77.0 Å². The fourth-order valence-electron chi connectivity index (χ4n) is 2.80. The molecule has 0 radical (unpaired) electrons. The number of para-hydroxylation sites is 1. The minimum atomic E-state index is -0.553. The third-order valence-corrected chi connectivity index (χ3v) is 4.58. The molecule has 1 fully saturated rings. The molecule has 8 heteroatoms. The summed E-state index contributed by atoms with van der Waals surface area (Å²) in [5, 5.41) is 10.1. The number of aromatic nitrogens is 2. The van der Waals surface area contributed by atoms with Gasteiger partial charge < -0.3 is 0 Å². The molecular formula is C20H13ClN4O2S. The van der Waals surface area contributed by atoms with Crippen LogP contribution >= 0.6 is 23.8 Å². The Kier molecular flexibility index (Phi) is 4.77. The molecule has 28 heavy (non-hydrogen) atoms.